The molecule has 1 atom stereocenters. The lowest BCUT2D eigenvalue weighted by Gasteiger charge is -2.30. The van der Waals surface area contributed by atoms with E-state index in [0.717, 1.165) is 5.56 Å². The minimum absolute atomic E-state index is 0.0475. The number of ether oxygens (including phenoxy) is 1. The van der Waals surface area contributed by atoms with Crippen molar-refractivity contribution < 1.29 is 23.8 Å². The second-order valence-corrected chi connectivity index (χ2v) is 4.94. The highest BCUT2D eigenvalue weighted by Gasteiger charge is 2.27. The van der Waals surface area contributed by atoms with Crippen LogP contribution >= 0.6 is 0 Å². The summed E-state index contributed by atoms with van der Waals surface area (Å²) in [6.07, 6.45) is -0.367. The number of β-amino-alcohol motifs (C(OH)–C–C–N with tert-alkyl or cyclic N) is 1. The van der Waals surface area contributed by atoms with Crippen molar-refractivity contribution in [2.45, 2.75) is 32.3 Å². The number of aliphatic hydroxyl groups is 1. The van der Waals surface area contributed by atoms with E-state index in [4.69, 9.17) is 4.74 Å². The molecule has 114 valence electrons. The molecule has 1 unspecified atom stereocenters. The van der Waals surface area contributed by atoms with Gasteiger partial charge in [0.25, 0.3) is 0 Å². The van der Waals surface area contributed by atoms with Crippen LogP contribution in [0.15, 0.2) is 18.2 Å². The highest BCUT2D eigenvalue weighted by molar-refractivity contribution is 5.96. The SMILES string of the molecule is CCOC(=O)CC(O)CN1C(=O)CCc2ccc(F)cc21. The van der Waals surface area contributed by atoms with Crippen molar-refractivity contribution in [3.05, 3.63) is 29.6 Å². The molecule has 0 radical (unpaired) electrons. The van der Waals surface area contributed by atoms with Crippen molar-refractivity contribution in [3.63, 3.8) is 0 Å². The fourth-order valence-corrected chi connectivity index (χ4v) is 2.40. The van der Waals surface area contributed by atoms with Gasteiger partial charge in [-0.15, -0.1) is 0 Å². The Labute approximate surface area is 122 Å². The maximum Gasteiger partial charge on any atom is 0.308 e. The summed E-state index contributed by atoms with van der Waals surface area (Å²) in [4.78, 5) is 24.7. The maximum atomic E-state index is 13.4. The average molecular weight is 295 g/mol. The molecule has 1 aliphatic heterocycles. The van der Waals surface area contributed by atoms with Crippen LogP contribution in [-0.2, 0) is 20.7 Å². The molecule has 0 aliphatic carbocycles. The summed E-state index contributed by atoms with van der Waals surface area (Å²) in [5, 5.41) is 9.92. The van der Waals surface area contributed by atoms with Crippen molar-refractivity contribution >= 4 is 17.6 Å². The van der Waals surface area contributed by atoms with Gasteiger partial charge in [-0.2, -0.15) is 0 Å². The van der Waals surface area contributed by atoms with Crippen molar-refractivity contribution in [1.82, 2.24) is 0 Å². The summed E-state index contributed by atoms with van der Waals surface area (Å²) in [7, 11) is 0. The van der Waals surface area contributed by atoms with E-state index < -0.39 is 17.9 Å². The Morgan fingerprint density at radius 3 is 2.95 bits per heavy atom. The van der Waals surface area contributed by atoms with Gasteiger partial charge in [0, 0.05) is 12.1 Å². The number of amides is 1. The van der Waals surface area contributed by atoms with Gasteiger partial charge in [0.2, 0.25) is 5.91 Å². The average Bonchev–Trinajstić information content (AvgIpc) is 2.42. The fraction of sp³-hybridized carbons (Fsp3) is 0.467. The van der Waals surface area contributed by atoms with E-state index in [1.165, 1.54) is 17.0 Å². The second kappa shape index (κ2) is 6.67. The minimum Gasteiger partial charge on any atom is -0.466 e. The predicted octanol–water partition coefficient (Wildman–Crippen LogP) is 1.42. The lowest BCUT2D eigenvalue weighted by Crippen LogP contribution is -2.41. The third-order valence-electron chi connectivity index (χ3n) is 3.35. The van der Waals surface area contributed by atoms with Gasteiger partial charge in [-0.25, -0.2) is 4.39 Å². The van der Waals surface area contributed by atoms with E-state index in [1.54, 1.807) is 13.0 Å². The van der Waals surface area contributed by atoms with Gasteiger partial charge in [-0.05, 0) is 31.0 Å². The molecule has 1 aromatic carbocycles. The van der Waals surface area contributed by atoms with Crippen LogP contribution in [0, 0.1) is 5.82 Å². The summed E-state index contributed by atoms with van der Waals surface area (Å²) in [6, 6.07) is 4.27. The quantitative estimate of drug-likeness (QED) is 0.834. The van der Waals surface area contributed by atoms with Gasteiger partial charge < -0.3 is 14.7 Å². The van der Waals surface area contributed by atoms with Gasteiger partial charge in [-0.3, -0.25) is 9.59 Å². The zero-order chi connectivity index (χ0) is 15.4. The van der Waals surface area contributed by atoms with Crippen molar-refractivity contribution in [2.75, 3.05) is 18.1 Å². The summed E-state index contributed by atoms with van der Waals surface area (Å²) in [5.41, 5.74) is 1.33. The van der Waals surface area contributed by atoms with E-state index in [9.17, 15) is 19.1 Å². The molecule has 0 aromatic heterocycles. The maximum absolute atomic E-state index is 13.4. The predicted molar refractivity (Wildman–Crippen MR) is 74.3 cm³/mol. The normalized spacial score (nSPS) is 15.6. The van der Waals surface area contributed by atoms with E-state index in [2.05, 4.69) is 0 Å². The highest BCUT2D eigenvalue weighted by atomic mass is 19.1. The Kier molecular flexibility index (Phi) is 4.90. The molecule has 6 heteroatoms. The number of fused-ring (bicyclic) bond motifs is 1. The molecule has 5 nitrogen and oxygen atoms in total. The first-order chi connectivity index (χ1) is 10.0. The number of esters is 1. The summed E-state index contributed by atoms with van der Waals surface area (Å²) >= 11 is 0. The molecule has 1 aromatic rings. The first kappa shape index (κ1) is 15.4. The number of aliphatic hydroxyl groups excluding tert-OH is 1. The molecule has 21 heavy (non-hydrogen) atoms. The number of benzene rings is 1. The zero-order valence-electron chi connectivity index (χ0n) is 11.8. The molecule has 0 saturated heterocycles. The third kappa shape index (κ3) is 3.78. The fourth-order valence-electron chi connectivity index (χ4n) is 2.40. The molecular formula is C15H18FNO4. The lowest BCUT2D eigenvalue weighted by atomic mass is 10.0. The van der Waals surface area contributed by atoms with Crippen LogP contribution in [0.3, 0.4) is 0 Å². The molecule has 0 saturated carbocycles. The van der Waals surface area contributed by atoms with Crippen LogP contribution in [0.25, 0.3) is 0 Å². The largest absolute Gasteiger partial charge is 0.466 e. The van der Waals surface area contributed by atoms with Crippen LogP contribution < -0.4 is 4.90 Å². The van der Waals surface area contributed by atoms with Crippen molar-refractivity contribution in [1.29, 1.82) is 0 Å². The number of hydrogen-bond donors (Lipinski definition) is 1. The molecular weight excluding hydrogens is 277 g/mol. The molecule has 1 heterocycles. The standard InChI is InChI=1S/C15H18FNO4/c1-2-21-15(20)8-12(18)9-17-13-7-11(16)5-3-10(13)4-6-14(17)19/h3,5,7,12,18H,2,4,6,8-9H2,1H3. The molecule has 0 fully saturated rings. The van der Waals surface area contributed by atoms with Gasteiger partial charge in [0.05, 0.1) is 25.7 Å². The number of carbonyl (C=O) groups is 2. The van der Waals surface area contributed by atoms with Crippen LogP contribution in [0.4, 0.5) is 10.1 Å². The topological polar surface area (TPSA) is 66.8 Å². The van der Waals surface area contributed by atoms with E-state index in [1.807, 2.05) is 0 Å². The van der Waals surface area contributed by atoms with Crippen LogP contribution in [0.1, 0.15) is 25.3 Å². The molecule has 0 spiro atoms. The number of carbonyl (C=O) groups excluding carboxylic acids is 2. The molecule has 0 bridgehead atoms. The van der Waals surface area contributed by atoms with Crippen LogP contribution in [0.5, 0.6) is 0 Å². The van der Waals surface area contributed by atoms with Crippen LogP contribution in [-0.4, -0.2) is 36.2 Å². The monoisotopic (exact) mass is 295 g/mol. The van der Waals surface area contributed by atoms with Gasteiger partial charge in [0.15, 0.2) is 0 Å². The first-order valence-corrected chi connectivity index (χ1v) is 6.93. The van der Waals surface area contributed by atoms with E-state index in [-0.39, 0.29) is 25.5 Å². The molecule has 1 aliphatic rings. The number of anilines is 1. The number of rotatable bonds is 5. The van der Waals surface area contributed by atoms with Crippen molar-refractivity contribution in [2.24, 2.45) is 0 Å². The van der Waals surface area contributed by atoms with Gasteiger partial charge in [0.1, 0.15) is 5.82 Å². The molecule has 1 N–H and O–H groups in total. The molecule has 2 rings (SSSR count). The van der Waals surface area contributed by atoms with E-state index >= 15 is 0 Å². The first-order valence-electron chi connectivity index (χ1n) is 6.93. The third-order valence-corrected chi connectivity index (χ3v) is 3.35. The summed E-state index contributed by atoms with van der Waals surface area (Å²) in [6.45, 7) is 1.87. The lowest BCUT2D eigenvalue weighted by molar-refractivity contribution is -0.145. The Bertz CT molecular complexity index is 546. The zero-order valence-corrected chi connectivity index (χ0v) is 11.8. The van der Waals surface area contributed by atoms with Gasteiger partial charge in [-0.1, -0.05) is 6.07 Å². The second-order valence-electron chi connectivity index (χ2n) is 4.94. The minimum atomic E-state index is -1.04. The Morgan fingerprint density at radius 1 is 1.48 bits per heavy atom. The summed E-state index contributed by atoms with van der Waals surface area (Å²) < 4.78 is 18.1. The van der Waals surface area contributed by atoms with Gasteiger partial charge >= 0.3 is 5.97 Å². The Hall–Kier alpha value is -1.95. The van der Waals surface area contributed by atoms with Crippen LogP contribution in [0.2, 0.25) is 0 Å². The Morgan fingerprint density at radius 2 is 2.24 bits per heavy atom. The summed E-state index contributed by atoms with van der Waals surface area (Å²) in [5.74, 6) is -1.14. The Balaban J connectivity index is 2.10. The van der Waals surface area contributed by atoms with E-state index in [0.29, 0.717) is 18.5 Å². The van der Waals surface area contributed by atoms with Crippen molar-refractivity contribution in [3.8, 4) is 0 Å². The number of hydrogen-bond acceptors (Lipinski definition) is 4. The number of aryl methyl sites for hydroxylation is 1. The smallest absolute Gasteiger partial charge is 0.308 e. The molecule has 1 amide bonds. The number of halogens is 1. The number of nitrogens with zero attached hydrogens (tertiary/aromatic N) is 1. The highest BCUT2D eigenvalue weighted by Crippen LogP contribution is 2.28.